The molecule has 0 atom stereocenters. The third-order valence-corrected chi connectivity index (χ3v) is 5.06. The largest absolute Gasteiger partial charge is 0.278 e. The van der Waals surface area contributed by atoms with E-state index in [4.69, 9.17) is 11.6 Å². The summed E-state index contributed by atoms with van der Waals surface area (Å²) in [6.45, 7) is 0. The number of hydrogen-bond donors (Lipinski definition) is 1. The van der Waals surface area contributed by atoms with Gasteiger partial charge >= 0.3 is 0 Å². The van der Waals surface area contributed by atoms with E-state index in [1.807, 2.05) is 0 Å². The molecule has 0 radical (unpaired) electrons. The van der Waals surface area contributed by atoms with Crippen LogP contribution in [0.15, 0.2) is 50.2 Å². The van der Waals surface area contributed by atoms with Crippen LogP contribution in [0.1, 0.15) is 0 Å². The molecule has 0 spiro atoms. The predicted molar refractivity (Wildman–Crippen MR) is 84.1 cm³/mol. The molecule has 0 heterocycles. The fraction of sp³-hybridized carbons (Fsp3) is 0. The minimum absolute atomic E-state index is 0.178. The number of nitrogens with one attached hydrogen (secondary N) is 1. The van der Waals surface area contributed by atoms with E-state index < -0.39 is 20.7 Å². The summed E-state index contributed by atoms with van der Waals surface area (Å²) in [5, 5.41) is 0.209. The highest BCUT2D eigenvalue weighted by atomic mass is 79.9. The highest BCUT2D eigenvalue weighted by Gasteiger charge is 2.20. The average molecular weight is 444 g/mol. The molecule has 2 aromatic carbocycles. The fourth-order valence-electron chi connectivity index (χ4n) is 1.47. The summed E-state index contributed by atoms with van der Waals surface area (Å²) in [4.78, 5) is -0.445. The first-order chi connectivity index (χ1) is 9.29. The Labute approximate surface area is 137 Å². The smallest absolute Gasteiger partial charge is 0.264 e. The number of hydrogen-bond acceptors (Lipinski definition) is 2. The van der Waals surface area contributed by atoms with Gasteiger partial charge in [-0.1, -0.05) is 43.5 Å². The SMILES string of the molecule is O=S(=O)(Nc1ccc(Br)cc1Cl)c1ccc(Br)cc1F. The number of halogens is 4. The lowest BCUT2D eigenvalue weighted by Gasteiger charge is -2.10. The van der Waals surface area contributed by atoms with Crippen LogP contribution in [0.25, 0.3) is 0 Å². The van der Waals surface area contributed by atoms with Crippen molar-refractivity contribution in [2.24, 2.45) is 0 Å². The van der Waals surface area contributed by atoms with Gasteiger partial charge < -0.3 is 0 Å². The van der Waals surface area contributed by atoms with E-state index in [0.717, 1.165) is 6.07 Å². The topological polar surface area (TPSA) is 46.2 Å². The van der Waals surface area contributed by atoms with Gasteiger partial charge in [-0.2, -0.15) is 0 Å². The van der Waals surface area contributed by atoms with E-state index in [9.17, 15) is 12.8 Å². The summed E-state index contributed by atoms with van der Waals surface area (Å²) >= 11 is 12.2. The predicted octanol–water partition coefficient (Wildman–Crippen LogP) is 4.80. The zero-order valence-electron chi connectivity index (χ0n) is 9.70. The Morgan fingerprint density at radius 3 is 2.25 bits per heavy atom. The van der Waals surface area contributed by atoms with Crippen molar-refractivity contribution in [1.29, 1.82) is 0 Å². The third kappa shape index (κ3) is 3.52. The van der Waals surface area contributed by atoms with E-state index >= 15 is 0 Å². The molecule has 0 aliphatic carbocycles. The lowest BCUT2D eigenvalue weighted by Crippen LogP contribution is -2.14. The Morgan fingerprint density at radius 2 is 1.65 bits per heavy atom. The summed E-state index contributed by atoms with van der Waals surface area (Å²) in [5.74, 6) is -0.847. The van der Waals surface area contributed by atoms with Crippen LogP contribution in [0.3, 0.4) is 0 Å². The second-order valence-electron chi connectivity index (χ2n) is 3.80. The van der Waals surface area contributed by atoms with Crippen LogP contribution >= 0.6 is 43.5 Å². The summed E-state index contributed by atoms with van der Waals surface area (Å²) in [5.41, 5.74) is 0.178. The first kappa shape index (κ1) is 15.8. The van der Waals surface area contributed by atoms with Crippen LogP contribution in [0.5, 0.6) is 0 Å². The van der Waals surface area contributed by atoms with Gasteiger partial charge in [0.1, 0.15) is 10.7 Å². The second kappa shape index (κ2) is 6.01. The summed E-state index contributed by atoms with van der Waals surface area (Å²) in [7, 11) is -4.04. The van der Waals surface area contributed by atoms with Crippen LogP contribution in [-0.2, 0) is 10.0 Å². The maximum absolute atomic E-state index is 13.7. The van der Waals surface area contributed by atoms with E-state index in [-0.39, 0.29) is 10.7 Å². The van der Waals surface area contributed by atoms with Crippen LogP contribution in [0.4, 0.5) is 10.1 Å². The molecule has 1 N–H and O–H groups in total. The Hall–Kier alpha value is -0.630. The maximum atomic E-state index is 13.7. The molecule has 0 amide bonds. The minimum atomic E-state index is -4.04. The first-order valence-corrected chi connectivity index (χ1v) is 8.67. The van der Waals surface area contributed by atoms with E-state index in [1.165, 1.54) is 24.3 Å². The Morgan fingerprint density at radius 1 is 1.05 bits per heavy atom. The van der Waals surface area contributed by atoms with Crippen molar-refractivity contribution < 1.29 is 12.8 Å². The number of benzene rings is 2. The average Bonchev–Trinajstić information content (AvgIpc) is 2.32. The zero-order valence-corrected chi connectivity index (χ0v) is 14.4. The van der Waals surface area contributed by atoms with Gasteiger partial charge in [-0.05, 0) is 36.4 Å². The Bertz CT molecular complexity index is 768. The molecule has 20 heavy (non-hydrogen) atoms. The van der Waals surface area contributed by atoms with Gasteiger partial charge in [0.2, 0.25) is 0 Å². The highest BCUT2D eigenvalue weighted by molar-refractivity contribution is 9.10. The van der Waals surface area contributed by atoms with Crippen molar-refractivity contribution in [3.8, 4) is 0 Å². The second-order valence-corrected chi connectivity index (χ2v) is 7.69. The molecule has 0 saturated heterocycles. The van der Waals surface area contributed by atoms with E-state index in [1.54, 1.807) is 6.07 Å². The molecule has 0 aliphatic heterocycles. The van der Waals surface area contributed by atoms with Crippen molar-refractivity contribution >= 4 is 59.2 Å². The van der Waals surface area contributed by atoms with Crippen LogP contribution in [0.2, 0.25) is 5.02 Å². The standard InChI is InChI=1S/C12H7Br2ClFNO2S/c13-7-1-3-11(9(15)5-7)17-20(18,19)12-4-2-8(14)6-10(12)16/h1-6,17H. The van der Waals surface area contributed by atoms with Crippen molar-refractivity contribution in [3.05, 3.63) is 56.2 Å². The van der Waals surface area contributed by atoms with Gasteiger partial charge in [0.15, 0.2) is 0 Å². The minimum Gasteiger partial charge on any atom is -0.278 e. The molecule has 0 saturated carbocycles. The zero-order chi connectivity index (χ0) is 14.9. The van der Waals surface area contributed by atoms with Gasteiger partial charge in [-0.15, -0.1) is 0 Å². The molecule has 8 heteroatoms. The Balaban J connectivity index is 2.41. The van der Waals surface area contributed by atoms with Gasteiger partial charge in [-0.25, -0.2) is 12.8 Å². The molecular weight excluding hydrogens is 436 g/mol. The molecule has 3 nitrogen and oxygen atoms in total. The summed E-state index contributed by atoms with van der Waals surface area (Å²) < 4.78 is 41.4. The molecule has 2 aromatic rings. The summed E-state index contributed by atoms with van der Waals surface area (Å²) in [6, 6.07) is 8.35. The van der Waals surface area contributed by atoms with Crippen molar-refractivity contribution in [2.75, 3.05) is 4.72 Å². The normalized spacial score (nSPS) is 11.4. The molecule has 106 valence electrons. The number of anilines is 1. The van der Waals surface area contributed by atoms with Crippen LogP contribution < -0.4 is 4.72 Å². The quantitative estimate of drug-likeness (QED) is 0.741. The molecular formula is C12H7Br2ClFNO2S. The lowest BCUT2D eigenvalue weighted by atomic mass is 10.3. The van der Waals surface area contributed by atoms with Crippen molar-refractivity contribution in [3.63, 3.8) is 0 Å². The van der Waals surface area contributed by atoms with Crippen LogP contribution in [-0.4, -0.2) is 8.42 Å². The summed E-state index contributed by atoms with van der Waals surface area (Å²) in [6.07, 6.45) is 0. The molecule has 0 bridgehead atoms. The maximum Gasteiger partial charge on any atom is 0.264 e. The van der Waals surface area contributed by atoms with E-state index in [0.29, 0.717) is 8.95 Å². The van der Waals surface area contributed by atoms with Gasteiger partial charge in [0, 0.05) is 8.95 Å². The number of rotatable bonds is 3. The third-order valence-electron chi connectivity index (χ3n) is 2.36. The first-order valence-electron chi connectivity index (χ1n) is 5.22. The Kier molecular flexibility index (Phi) is 4.73. The lowest BCUT2D eigenvalue weighted by molar-refractivity contribution is 0.570. The molecule has 0 aromatic heterocycles. The molecule has 0 fully saturated rings. The van der Waals surface area contributed by atoms with Gasteiger partial charge in [0.05, 0.1) is 10.7 Å². The highest BCUT2D eigenvalue weighted by Crippen LogP contribution is 2.28. The van der Waals surface area contributed by atoms with Gasteiger partial charge in [0.25, 0.3) is 10.0 Å². The van der Waals surface area contributed by atoms with E-state index in [2.05, 4.69) is 36.6 Å². The number of sulfonamides is 1. The molecule has 0 aliphatic rings. The molecule has 2 rings (SSSR count). The van der Waals surface area contributed by atoms with Crippen LogP contribution in [0, 0.1) is 5.82 Å². The molecule has 0 unspecified atom stereocenters. The van der Waals surface area contributed by atoms with Crippen molar-refractivity contribution in [1.82, 2.24) is 0 Å². The fourth-order valence-corrected chi connectivity index (χ4v) is 3.72. The van der Waals surface area contributed by atoms with Crippen molar-refractivity contribution in [2.45, 2.75) is 4.90 Å². The van der Waals surface area contributed by atoms with Gasteiger partial charge in [-0.3, -0.25) is 4.72 Å². The monoisotopic (exact) mass is 441 g/mol.